The monoisotopic (exact) mass is 342 g/mol. The number of aryl methyl sites for hydroxylation is 1. The van der Waals surface area contributed by atoms with E-state index in [0.717, 1.165) is 36.3 Å². The predicted octanol–water partition coefficient (Wildman–Crippen LogP) is 2.09. The molecule has 2 aromatic rings. The number of fused-ring (bicyclic) bond motifs is 1. The van der Waals surface area contributed by atoms with Crippen LogP contribution < -0.4 is 5.73 Å². The van der Waals surface area contributed by atoms with Gasteiger partial charge in [0.05, 0.1) is 5.52 Å². The number of carboxylic acids is 2. The number of halogens is 1. The van der Waals surface area contributed by atoms with Crippen molar-refractivity contribution < 1.29 is 24.2 Å². The first-order valence-electron chi connectivity index (χ1n) is 6.95. The smallest absolute Gasteiger partial charge is 0.414 e. The zero-order valence-corrected chi connectivity index (χ0v) is 13.2. The highest BCUT2D eigenvalue weighted by atomic mass is 32.2. The molecule has 8 heteroatoms. The van der Waals surface area contributed by atoms with Crippen LogP contribution in [-0.2, 0) is 16.0 Å². The number of aliphatic carboxylic acids is 2. The Morgan fingerprint density at radius 3 is 2.52 bits per heavy atom. The maximum absolute atomic E-state index is 13.4. The third-order valence-electron chi connectivity index (χ3n) is 2.93. The topological polar surface area (TPSA) is 116 Å². The number of nitrogens with two attached hydrogens (primary N) is 1. The largest absolute Gasteiger partial charge is 0.473 e. The fourth-order valence-electron chi connectivity index (χ4n) is 1.93. The van der Waals surface area contributed by atoms with Crippen molar-refractivity contribution in [2.75, 3.05) is 18.1 Å². The molecule has 0 aliphatic carbocycles. The number of nitrogens with one attached hydrogen (secondary N) is 1. The van der Waals surface area contributed by atoms with Gasteiger partial charge in [0.25, 0.3) is 0 Å². The number of hydrogen-bond acceptors (Lipinski definition) is 4. The second-order valence-corrected chi connectivity index (χ2v) is 5.82. The first-order chi connectivity index (χ1) is 11.0. The van der Waals surface area contributed by atoms with Crippen molar-refractivity contribution in [1.82, 2.24) is 4.98 Å². The molecule has 1 aromatic carbocycles. The number of carbonyl (C=O) groups is 2. The average Bonchev–Trinajstić information content (AvgIpc) is 2.92. The third-order valence-corrected chi connectivity index (χ3v) is 4.03. The number of rotatable bonds is 6. The molecule has 6 nitrogen and oxygen atoms in total. The second-order valence-electron chi connectivity index (χ2n) is 4.59. The van der Waals surface area contributed by atoms with Gasteiger partial charge in [0.15, 0.2) is 0 Å². The lowest BCUT2D eigenvalue weighted by Crippen LogP contribution is -2.09. The van der Waals surface area contributed by atoms with Crippen LogP contribution in [0.1, 0.15) is 12.0 Å². The van der Waals surface area contributed by atoms with Crippen LogP contribution in [0.2, 0.25) is 0 Å². The van der Waals surface area contributed by atoms with Crippen molar-refractivity contribution in [3.8, 4) is 0 Å². The lowest BCUT2D eigenvalue weighted by Gasteiger charge is -2.00. The van der Waals surface area contributed by atoms with Crippen LogP contribution in [0.3, 0.4) is 0 Å². The van der Waals surface area contributed by atoms with Gasteiger partial charge in [0.2, 0.25) is 0 Å². The number of thioether (sulfide) groups is 1. The summed E-state index contributed by atoms with van der Waals surface area (Å²) in [7, 11) is 0. The van der Waals surface area contributed by atoms with E-state index in [1.807, 2.05) is 24.0 Å². The minimum Gasteiger partial charge on any atom is -0.473 e. The maximum atomic E-state index is 13.4. The molecule has 0 atom stereocenters. The number of aromatic amines is 1. The normalized spacial score (nSPS) is 10.2. The summed E-state index contributed by atoms with van der Waals surface area (Å²) in [5, 5.41) is 15.8. The molecule has 23 heavy (non-hydrogen) atoms. The Labute approximate surface area is 136 Å². The molecular weight excluding hydrogens is 323 g/mol. The second kappa shape index (κ2) is 9.86. The van der Waals surface area contributed by atoms with E-state index in [0.29, 0.717) is 5.52 Å². The molecule has 0 radical (unpaired) electrons. The van der Waals surface area contributed by atoms with Crippen molar-refractivity contribution >= 4 is 34.6 Å². The highest BCUT2D eigenvalue weighted by Gasteiger charge is 2.06. The minimum absolute atomic E-state index is 0.175. The van der Waals surface area contributed by atoms with Gasteiger partial charge in [-0.2, -0.15) is 11.8 Å². The Morgan fingerprint density at radius 2 is 1.91 bits per heavy atom. The van der Waals surface area contributed by atoms with Crippen LogP contribution in [0.4, 0.5) is 4.39 Å². The first-order valence-corrected chi connectivity index (χ1v) is 8.11. The van der Waals surface area contributed by atoms with Gasteiger partial charge in [-0.25, -0.2) is 14.0 Å². The van der Waals surface area contributed by atoms with Crippen LogP contribution in [0, 0.1) is 5.82 Å². The van der Waals surface area contributed by atoms with Gasteiger partial charge in [-0.1, -0.05) is 12.1 Å². The lowest BCUT2D eigenvalue weighted by atomic mass is 10.1. The molecule has 0 bridgehead atoms. The average molecular weight is 342 g/mol. The van der Waals surface area contributed by atoms with Crippen molar-refractivity contribution in [2.45, 2.75) is 12.8 Å². The number of aromatic nitrogens is 1. The molecule has 0 aliphatic heterocycles. The highest BCUT2D eigenvalue weighted by Crippen LogP contribution is 2.22. The summed E-state index contributed by atoms with van der Waals surface area (Å²) in [4.78, 5) is 21.2. The molecule has 0 aliphatic rings. The van der Waals surface area contributed by atoms with E-state index in [-0.39, 0.29) is 5.82 Å². The molecule has 1 aromatic heterocycles. The molecule has 0 saturated carbocycles. The van der Waals surface area contributed by atoms with Crippen molar-refractivity contribution in [3.63, 3.8) is 0 Å². The molecule has 0 spiro atoms. The first kappa shape index (κ1) is 19.0. The van der Waals surface area contributed by atoms with Crippen LogP contribution in [-0.4, -0.2) is 45.2 Å². The summed E-state index contributed by atoms with van der Waals surface area (Å²) in [6, 6.07) is 5.22. The zero-order chi connectivity index (χ0) is 17.2. The van der Waals surface area contributed by atoms with Gasteiger partial charge in [-0.15, -0.1) is 0 Å². The van der Waals surface area contributed by atoms with Gasteiger partial charge in [-0.05, 0) is 30.2 Å². The summed E-state index contributed by atoms with van der Waals surface area (Å²) in [6.45, 7) is 0.739. The number of benzene rings is 1. The van der Waals surface area contributed by atoms with E-state index in [2.05, 4.69) is 4.98 Å². The van der Waals surface area contributed by atoms with Gasteiger partial charge >= 0.3 is 11.9 Å². The fourth-order valence-corrected chi connectivity index (χ4v) is 2.65. The highest BCUT2D eigenvalue weighted by molar-refractivity contribution is 7.99. The molecule has 0 saturated heterocycles. The molecule has 2 rings (SSSR count). The van der Waals surface area contributed by atoms with Crippen molar-refractivity contribution in [2.24, 2.45) is 5.73 Å². The fraction of sp³-hybridized carbons (Fsp3) is 0.333. The Balaban J connectivity index is 0.000000379. The summed E-state index contributed by atoms with van der Waals surface area (Å²) >= 11 is 1.87. The van der Waals surface area contributed by atoms with E-state index < -0.39 is 11.9 Å². The summed E-state index contributed by atoms with van der Waals surface area (Å²) in [5.74, 6) is -1.70. The Hall–Kier alpha value is -2.06. The van der Waals surface area contributed by atoms with Crippen LogP contribution in [0.15, 0.2) is 24.4 Å². The van der Waals surface area contributed by atoms with Crippen LogP contribution in [0.5, 0.6) is 0 Å². The molecule has 0 amide bonds. The molecule has 5 N–H and O–H groups in total. The van der Waals surface area contributed by atoms with E-state index in [1.165, 1.54) is 11.6 Å². The van der Waals surface area contributed by atoms with Gasteiger partial charge in [0.1, 0.15) is 5.82 Å². The number of hydrogen-bond donors (Lipinski definition) is 4. The predicted molar refractivity (Wildman–Crippen MR) is 88.2 cm³/mol. The SMILES string of the molecule is NCCSCCCc1c[nH]c2c(F)cccc12.O=C(O)C(=O)O. The van der Waals surface area contributed by atoms with E-state index in [1.54, 1.807) is 6.07 Å². The molecule has 0 fully saturated rings. The van der Waals surface area contributed by atoms with Crippen molar-refractivity contribution in [3.05, 3.63) is 35.8 Å². The zero-order valence-electron chi connectivity index (χ0n) is 12.4. The van der Waals surface area contributed by atoms with Gasteiger partial charge < -0.3 is 20.9 Å². The summed E-state index contributed by atoms with van der Waals surface area (Å²) in [5.41, 5.74) is 7.25. The molecule has 126 valence electrons. The Kier molecular flexibility index (Phi) is 8.14. The molecular formula is C15H19FN2O4S. The van der Waals surface area contributed by atoms with Crippen LogP contribution >= 0.6 is 11.8 Å². The van der Waals surface area contributed by atoms with E-state index in [9.17, 15) is 4.39 Å². The molecule has 1 heterocycles. The van der Waals surface area contributed by atoms with Crippen molar-refractivity contribution in [1.29, 1.82) is 0 Å². The number of carboxylic acid groups (broad SMARTS) is 2. The molecule has 0 unspecified atom stereocenters. The Bertz CT molecular complexity index is 648. The quantitative estimate of drug-likeness (QED) is 0.472. The summed E-state index contributed by atoms with van der Waals surface area (Å²) in [6.07, 6.45) is 4.01. The van der Waals surface area contributed by atoms with E-state index in [4.69, 9.17) is 25.5 Å². The number of H-pyrrole nitrogens is 1. The minimum atomic E-state index is -1.82. The van der Waals surface area contributed by atoms with E-state index >= 15 is 0 Å². The Morgan fingerprint density at radius 1 is 1.22 bits per heavy atom. The van der Waals surface area contributed by atoms with Crippen LogP contribution in [0.25, 0.3) is 10.9 Å². The lowest BCUT2D eigenvalue weighted by molar-refractivity contribution is -0.159. The van der Waals surface area contributed by atoms with Gasteiger partial charge in [0, 0.05) is 23.9 Å². The maximum Gasteiger partial charge on any atom is 0.414 e. The third kappa shape index (κ3) is 6.29. The number of para-hydroxylation sites is 1. The standard InChI is InChI=1S/C13H17FN2S.C2H2O4/c14-12-5-1-4-11-10(9-16-13(11)12)3-2-7-17-8-6-15;3-1(4)2(5)6/h1,4-5,9,16H,2-3,6-8,15H2;(H,3,4)(H,5,6). The summed E-state index contributed by atoms with van der Waals surface area (Å²) < 4.78 is 13.4. The van der Waals surface area contributed by atoms with Gasteiger partial charge in [-0.3, -0.25) is 0 Å².